The molecule has 2 heterocycles. The third-order valence-corrected chi connectivity index (χ3v) is 5.08. The number of alkyl halides is 2. The third kappa shape index (κ3) is 3.81. The van der Waals surface area contributed by atoms with Crippen LogP contribution in [0.3, 0.4) is 0 Å². The number of ether oxygens (including phenoxy) is 1. The van der Waals surface area contributed by atoms with Crippen molar-refractivity contribution in [3.05, 3.63) is 89.4 Å². The average molecular weight is 397 g/mol. The minimum atomic E-state index is -2.86. The number of guanidine groups is 1. The van der Waals surface area contributed by atoms with E-state index in [-0.39, 0.29) is 5.75 Å². The van der Waals surface area contributed by atoms with Crippen molar-refractivity contribution in [3.63, 3.8) is 0 Å². The fourth-order valence-electron chi connectivity index (χ4n) is 3.68. The molecule has 7 heteroatoms. The van der Waals surface area contributed by atoms with E-state index in [1.807, 2.05) is 42.3 Å². The summed E-state index contributed by atoms with van der Waals surface area (Å²) in [5.41, 5.74) is 8.27. The molecule has 0 bridgehead atoms. The maximum absolute atomic E-state index is 12.5. The molecule has 4 rings (SSSR count). The van der Waals surface area contributed by atoms with Gasteiger partial charge in [-0.1, -0.05) is 36.4 Å². The molecule has 1 atom stereocenters. The molecule has 0 saturated heterocycles. The normalized spacial score (nSPS) is 18.9. The van der Waals surface area contributed by atoms with Crippen molar-refractivity contribution < 1.29 is 17.9 Å². The molecule has 1 aliphatic heterocycles. The van der Waals surface area contributed by atoms with Gasteiger partial charge in [-0.25, -0.2) is 4.99 Å². The van der Waals surface area contributed by atoms with Crippen molar-refractivity contribution in [2.75, 3.05) is 13.6 Å². The topological polar surface area (TPSA) is 64.0 Å². The highest BCUT2D eigenvalue weighted by molar-refractivity contribution is 5.81. The molecule has 1 aromatic heterocycles. The number of halogens is 2. The molecule has 0 aliphatic carbocycles. The molecule has 0 spiro atoms. The highest BCUT2D eigenvalue weighted by Crippen LogP contribution is 2.39. The van der Waals surface area contributed by atoms with Crippen molar-refractivity contribution in [1.29, 1.82) is 0 Å². The highest BCUT2D eigenvalue weighted by atomic mass is 19.3. The summed E-state index contributed by atoms with van der Waals surface area (Å²) in [5.74, 6) is 1.40. The first-order chi connectivity index (χ1) is 14.0. The number of rotatable bonds is 6. The quantitative estimate of drug-likeness (QED) is 0.684. The van der Waals surface area contributed by atoms with Crippen LogP contribution in [0.15, 0.2) is 76.3 Å². The van der Waals surface area contributed by atoms with Crippen LogP contribution < -0.4 is 10.5 Å². The number of aliphatic imine (C=N–C) groups is 1. The first-order valence-electron chi connectivity index (χ1n) is 9.20. The minimum Gasteiger partial charge on any atom is -0.469 e. The molecule has 2 aromatic carbocycles. The summed E-state index contributed by atoms with van der Waals surface area (Å²) in [4.78, 5) is 6.66. The second kappa shape index (κ2) is 7.58. The predicted molar refractivity (Wildman–Crippen MR) is 106 cm³/mol. The van der Waals surface area contributed by atoms with Crippen LogP contribution >= 0.6 is 0 Å². The third-order valence-electron chi connectivity index (χ3n) is 5.08. The Labute approximate surface area is 167 Å². The van der Waals surface area contributed by atoms with E-state index in [1.165, 1.54) is 12.1 Å². The zero-order valence-electron chi connectivity index (χ0n) is 15.9. The fourth-order valence-corrected chi connectivity index (χ4v) is 3.68. The van der Waals surface area contributed by atoms with Gasteiger partial charge in [0.1, 0.15) is 17.0 Å². The molecule has 3 aromatic rings. The van der Waals surface area contributed by atoms with E-state index < -0.39 is 12.2 Å². The maximum Gasteiger partial charge on any atom is 0.387 e. The summed E-state index contributed by atoms with van der Waals surface area (Å²) in [6.45, 7) is -2.32. The second-order valence-electron chi connectivity index (χ2n) is 7.05. The second-order valence-corrected chi connectivity index (χ2v) is 7.05. The predicted octanol–water partition coefficient (Wildman–Crippen LogP) is 3.98. The number of likely N-dealkylation sites (N-methyl/N-ethyl adjacent to an activating group) is 1. The zero-order valence-corrected chi connectivity index (χ0v) is 15.9. The van der Waals surface area contributed by atoms with Crippen molar-refractivity contribution in [2.24, 2.45) is 10.7 Å². The standard InChI is InChI=1S/C22H21F2N3O2/c1-27-14-22(26-21(27)25,16-7-9-18(10-8-16)29-20(23)24)17-5-2-4-15(12-17)13-19-6-3-11-28-19/h2-12,20H,13-14H2,1H3,(H2,25,26). The van der Waals surface area contributed by atoms with Crippen LogP contribution in [0.2, 0.25) is 0 Å². The summed E-state index contributed by atoms with van der Waals surface area (Å²) in [7, 11) is 1.88. The lowest BCUT2D eigenvalue weighted by molar-refractivity contribution is -0.0498. The van der Waals surface area contributed by atoms with Crippen LogP contribution in [0.1, 0.15) is 22.5 Å². The summed E-state index contributed by atoms with van der Waals surface area (Å²) < 4.78 is 34.9. The average Bonchev–Trinajstić information content (AvgIpc) is 3.31. The number of hydrogen-bond donors (Lipinski definition) is 1. The highest BCUT2D eigenvalue weighted by Gasteiger charge is 2.40. The molecule has 1 aliphatic rings. The largest absolute Gasteiger partial charge is 0.469 e. The number of hydrogen-bond acceptors (Lipinski definition) is 5. The smallest absolute Gasteiger partial charge is 0.387 e. The van der Waals surface area contributed by atoms with Crippen LogP contribution in [0.5, 0.6) is 5.75 Å². The lowest BCUT2D eigenvalue weighted by Gasteiger charge is -2.28. The van der Waals surface area contributed by atoms with Gasteiger partial charge in [-0.2, -0.15) is 8.78 Å². The van der Waals surface area contributed by atoms with Gasteiger partial charge in [0.25, 0.3) is 0 Å². The van der Waals surface area contributed by atoms with E-state index in [0.717, 1.165) is 22.5 Å². The molecule has 0 saturated carbocycles. The Hall–Kier alpha value is -3.35. The van der Waals surface area contributed by atoms with Crippen molar-refractivity contribution in [3.8, 4) is 5.75 Å². The number of nitrogens with two attached hydrogens (primary N) is 1. The summed E-state index contributed by atoms with van der Waals surface area (Å²) >= 11 is 0. The molecule has 150 valence electrons. The van der Waals surface area contributed by atoms with Gasteiger partial charge in [-0.3, -0.25) is 0 Å². The van der Waals surface area contributed by atoms with E-state index in [9.17, 15) is 8.78 Å². The molecule has 29 heavy (non-hydrogen) atoms. The Morgan fingerprint density at radius 2 is 1.93 bits per heavy atom. The molecule has 0 radical (unpaired) electrons. The number of nitrogens with zero attached hydrogens (tertiary/aromatic N) is 2. The number of benzene rings is 2. The Morgan fingerprint density at radius 1 is 1.14 bits per heavy atom. The van der Waals surface area contributed by atoms with Crippen molar-refractivity contribution >= 4 is 5.96 Å². The Morgan fingerprint density at radius 3 is 2.55 bits per heavy atom. The Bertz CT molecular complexity index is 1000. The number of furan rings is 1. The molecular formula is C22H21F2N3O2. The molecular weight excluding hydrogens is 376 g/mol. The van der Waals surface area contributed by atoms with Crippen LogP contribution in [0, 0.1) is 0 Å². The van der Waals surface area contributed by atoms with Gasteiger partial charge in [0, 0.05) is 13.5 Å². The maximum atomic E-state index is 12.5. The van der Waals surface area contributed by atoms with E-state index in [2.05, 4.69) is 10.8 Å². The summed E-state index contributed by atoms with van der Waals surface area (Å²) in [6, 6.07) is 18.5. The Kier molecular flexibility index (Phi) is 4.96. The molecule has 2 N–H and O–H groups in total. The van der Waals surface area contributed by atoms with Crippen LogP contribution in [0.25, 0.3) is 0 Å². The van der Waals surface area contributed by atoms with Gasteiger partial charge in [0.15, 0.2) is 5.96 Å². The van der Waals surface area contributed by atoms with E-state index in [0.29, 0.717) is 18.9 Å². The van der Waals surface area contributed by atoms with Gasteiger partial charge in [-0.05, 0) is 41.0 Å². The first-order valence-corrected chi connectivity index (χ1v) is 9.20. The molecule has 0 amide bonds. The van der Waals surface area contributed by atoms with Gasteiger partial charge in [0.2, 0.25) is 0 Å². The zero-order chi connectivity index (χ0) is 20.4. The van der Waals surface area contributed by atoms with Gasteiger partial charge in [0.05, 0.1) is 12.8 Å². The summed E-state index contributed by atoms with van der Waals surface area (Å²) in [6.07, 6.45) is 2.31. The lowest BCUT2D eigenvalue weighted by Crippen LogP contribution is -2.34. The van der Waals surface area contributed by atoms with Crippen molar-refractivity contribution in [1.82, 2.24) is 4.90 Å². The van der Waals surface area contributed by atoms with Crippen LogP contribution in [0.4, 0.5) is 8.78 Å². The van der Waals surface area contributed by atoms with Gasteiger partial charge in [-0.15, -0.1) is 0 Å². The molecule has 0 fully saturated rings. The SMILES string of the molecule is CN1CC(c2ccc(OC(F)F)cc2)(c2cccc(Cc3ccco3)c2)N=C1N. The van der Waals surface area contributed by atoms with Gasteiger partial charge < -0.3 is 19.8 Å². The first kappa shape index (κ1) is 19.0. The summed E-state index contributed by atoms with van der Waals surface area (Å²) in [5, 5.41) is 0. The van der Waals surface area contributed by atoms with Crippen LogP contribution in [-0.4, -0.2) is 31.1 Å². The fraction of sp³-hybridized carbons (Fsp3) is 0.227. The van der Waals surface area contributed by atoms with E-state index in [1.54, 1.807) is 18.4 Å². The van der Waals surface area contributed by atoms with Crippen molar-refractivity contribution in [2.45, 2.75) is 18.6 Å². The van der Waals surface area contributed by atoms with Crippen LogP contribution in [-0.2, 0) is 12.0 Å². The lowest BCUT2D eigenvalue weighted by atomic mass is 9.82. The van der Waals surface area contributed by atoms with Gasteiger partial charge >= 0.3 is 6.61 Å². The molecule has 5 nitrogen and oxygen atoms in total. The van der Waals surface area contributed by atoms with E-state index in [4.69, 9.17) is 15.1 Å². The van der Waals surface area contributed by atoms with E-state index >= 15 is 0 Å². The Balaban J connectivity index is 1.73. The monoisotopic (exact) mass is 397 g/mol. The molecule has 1 unspecified atom stereocenters. The minimum absolute atomic E-state index is 0.105.